The first-order valence-electron chi connectivity index (χ1n) is 13.6. The number of carbonyl (C=O) groups excluding carboxylic acids is 1. The Hall–Kier alpha value is -3.70. The lowest BCUT2D eigenvalue weighted by Crippen LogP contribution is -2.39. The van der Waals surface area contributed by atoms with E-state index in [0.29, 0.717) is 43.0 Å². The standard InChI is InChI=1S/C31H27ClF6N2O3/c32-28-19(2-1-3-25(28)31(36,37)38)17-40(21-6-7-21)30(41)24-16-39-11-10-23(24)18-4-8-22(9-5-18)42-12-13-43-29-26(34)14-20(33)15-27(29)35/h1-5,8-9,14-15,21,39H,6-7,10-13,16-17H2. The van der Waals surface area contributed by atoms with Gasteiger partial charge in [0.15, 0.2) is 17.4 Å². The van der Waals surface area contributed by atoms with Crippen LogP contribution in [0.3, 0.4) is 0 Å². The Labute approximate surface area is 249 Å². The first-order chi connectivity index (χ1) is 20.5. The third-order valence-corrected chi connectivity index (χ3v) is 7.66. The molecule has 0 spiro atoms. The maximum absolute atomic E-state index is 13.8. The van der Waals surface area contributed by atoms with Gasteiger partial charge in [-0.1, -0.05) is 35.9 Å². The molecule has 2 aliphatic rings. The molecule has 0 radical (unpaired) electrons. The molecule has 43 heavy (non-hydrogen) atoms. The van der Waals surface area contributed by atoms with Gasteiger partial charge in [0, 0.05) is 36.8 Å². The van der Waals surface area contributed by atoms with Gasteiger partial charge in [0.05, 0.1) is 10.6 Å². The number of hydrogen-bond donors (Lipinski definition) is 1. The minimum absolute atomic E-state index is 0.0381. The second kappa shape index (κ2) is 12.9. The maximum atomic E-state index is 13.8. The summed E-state index contributed by atoms with van der Waals surface area (Å²) in [5, 5.41) is 2.81. The SMILES string of the molecule is O=C(C1=C(c2ccc(OCCOc3c(F)cc(F)cc3F)cc2)CCNC1)N(Cc1cccc(C(F)(F)F)c1Cl)C1CC1. The van der Waals surface area contributed by atoms with Gasteiger partial charge in [-0.3, -0.25) is 4.79 Å². The summed E-state index contributed by atoms with van der Waals surface area (Å²) >= 11 is 6.14. The summed E-state index contributed by atoms with van der Waals surface area (Å²) in [7, 11) is 0. The number of ether oxygens (including phenoxy) is 2. The Morgan fingerprint density at radius 1 is 0.977 bits per heavy atom. The van der Waals surface area contributed by atoms with Crippen molar-refractivity contribution in [1.29, 1.82) is 0 Å². The highest BCUT2D eigenvalue weighted by molar-refractivity contribution is 6.32. The molecule has 1 aliphatic carbocycles. The molecule has 1 saturated carbocycles. The van der Waals surface area contributed by atoms with Crippen molar-refractivity contribution in [2.75, 3.05) is 26.3 Å². The van der Waals surface area contributed by atoms with E-state index in [9.17, 15) is 31.1 Å². The van der Waals surface area contributed by atoms with Crippen molar-refractivity contribution in [2.45, 2.75) is 38.0 Å². The first-order valence-corrected chi connectivity index (χ1v) is 14.0. The molecule has 0 saturated heterocycles. The largest absolute Gasteiger partial charge is 0.490 e. The zero-order valence-electron chi connectivity index (χ0n) is 22.7. The van der Waals surface area contributed by atoms with Crippen LogP contribution < -0.4 is 14.8 Å². The van der Waals surface area contributed by atoms with E-state index in [4.69, 9.17) is 21.1 Å². The summed E-state index contributed by atoms with van der Waals surface area (Å²) in [6.45, 7) is 0.675. The van der Waals surface area contributed by atoms with Crippen molar-refractivity contribution in [3.63, 3.8) is 0 Å². The highest BCUT2D eigenvalue weighted by atomic mass is 35.5. The van der Waals surface area contributed by atoms with Gasteiger partial charge in [-0.25, -0.2) is 13.2 Å². The van der Waals surface area contributed by atoms with E-state index >= 15 is 0 Å². The molecule has 1 N–H and O–H groups in total. The fraction of sp³-hybridized carbons (Fsp3) is 0.323. The third kappa shape index (κ3) is 7.27. The summed E-state index contributed by atoms with van der Waals surface area (Å²) < 4.78 is 91.4. The van der Waals surface area contributed by atoms with Crippen LogP contribution in [0.5, 0.6) is 11.5 Å². The number of alkyl halides is 3. The highest BCUT2D eigenvalue weighted by Crippen LogP contribution is 2.39. The molecule has 0 bridgehead atoms. The third-order valence-electron chi connectivity index (χ3n) is 7.21. The van der Waals surface area contributed by atoms with Crippen molar-refractivity contribution in [3.05, 3.63) is 99.3 Å². The van der Waals surface area contributed by atoms with Crippen LogP contribution in [-0.4, -0.2) is 43.2 Å². The molecule has 0 aromatic heterocycles. The van der Waals surface area contributed by atoms with Gasteiger partial charge in [0.2, 0.25) is 0 Å². The van der Waals surface area contributed by atoms with Gasteiger partial charge in [0.1, 0.15) is 24.8 Å². The maximum Gasteiger partial charge on any atom is 0.417 e. The minimum atomic E-state index is -4.61. The van der Waals surface area contributed by atoms with E-state index in [1.165, 1.54) is 12.1 Å². The van der Waals surface area contributed by atoms with Crippen molar-refractivity contribution in [3.8, 4) is 11.5 Å². The summed E-state index contributed by atoms with van der Waals surface area (Å²) in [4.78, 5) is 15.4. The molecule has 1 fully saturated rings. The molecule has 3 aromatic carbocycles. The van der Waals surface area contributed by atoms with Crippen LogP contribution in [0.1, 0.15) is 36.0 Å². The normalized spacial score (nSPS) is 15.4. The quantitative estimate of drug-likeness (QED) is 0.192. The molecular formula is C31H27ClF6N2O3. The average molecular weight is 625 g/mol. The van der Waals surface area contributed by atoms with Crippen LogP contribution in [0.2, 0.25) is 5.02 Å². The zero-order valence-corrected chi connectivity index (χ0v) is 23.5. The van der Waals surface area contributed by atoms with E-state index in [-0.39, 0.29) is 37.3 Å². The van der Waals surface area contributed by atoms with Crippen molar-refractivity contribution < 1.29 is 40.6 Å². The molecule has 1 aliphatic heterocycles. The summed E-state index contributed by atoms with van der Waals surface area (Å²) in [5.74, 6) is -3.84. The Morgan fingerprint density at radius 3 is 2.30 bits per heavy atom. The van der Waals surface area contributed by atoms with Gasteiger partial charge < -0.3 is 19.7 Å². The van der Waals surface area contributed by atoms with Crippen LogP contribution in [0, 0.1) is 17.5 Å². The van der Waals surface area contributed by atoms with E-state index in [2.05, 4.69) is 5.32 Å². The van der Waals surface area contributed by atoms with E-state index in [0.717, 1.165) is 30.0 Å². The molecule has 5 rings (SSSR count). The molecule has 1 amide bonds. The smallest absolute Gasteiger partial charge is 0.417 e. The molecule has 0 unspecified atom stereocenters. The number of nitrogens with one attached hydrogen (secondary N) is 1. The Morgan fingerprint density at radius 2 is 1.65 bits per heavy atom. The van der Waals surface area contributed by atoms with Crippen LogP contribution in [0.4, 0.5) is 26.3 Å². The number of nitrogens with zero attached hydrogens (tertiary/aromatic N) is 1. The van der Waals surface area contributed by atoms with Crippen LogP contribution in [0.25, 0.3) is 5.57 Å². The van der Waals surface area contributed by atoms with E-state index in [1.807, 2.05) is 0 Å². The second-order valence-electron chi connectivity index (χ2n) is 10.2. The fourth-order valence-electron chi connectivity index (χ4n) is 4.96. The van der Waals surface area contributed by atoms with Crippen molar-refractivity contribution >= 4 is 23.1 Å². The zero-order chi connectivity index (χ0) is 30.7. The number of carbonyl (C=O) groups is 1. The minimum Gasteiger partial charge on any atom is -0.490 e. The number of amides is 1. The highest BCUT2D eigenvalue weighted by Gasteiger charge is 2.38. The predicted octanol–water partition coefficient (Wildman–Crippen LogP) is 7.17. The van der Waals surface area contributed by atoms with Crippen LogP contribution >= 0.6 is 11.6 Å². The summed E-state index contributed by atoms with van der Waals surface area (Å²) in [6, 6.07) is 11.6. The molecule has 5 nitrogen and oxygen atoms in total. The lowest BCUT2D eigenvalue weighted by molar-refractivity contribution is -0.137. The van der Waals surface area contributed by atoms with Gasteiger partial charge >= 0.3 is 6.18 Å². The number of hydrogen-bond acceptors (Lipinski definition) is 4. The summed E-state index contributed by atoms with van der Waals surface area (Å²) in [5.41, 5.74) is 1.45. The number of rotatable bonds is 10. The topological polar surface area (TPSA) is 50.8 Å². The van der Waals surface area contributed by atoms with Crippen molar-refractivity contribution in [1.82, 2.24) is 10.2 Å². The molecule has 12 heteroatoms. The number of halogens is 7. The van der Waals surface area contributed by atoms with Gasteiger partial charge in [0.25, 0.3) is 5.91 Å². The predicted molar refractivity (Wildman–Crippen MR) is 148 cm³/mol. The molecule has 3 aromatic rings. The Bertz CT molecular complexity index is 1500. The monoisotopic (exact) mass is 624 g/mol. The second-order valence-corrected chi connectivity index (χ2v) is 10.6. The average Bonchev–Trinajstić information content (AvgIpc) is 3.81. The van der Waals surface area contributed by atoms with Gasteiger partial charge in [-0.05, 0) is 60.7 Å². The number of benzene rings is 3. The lowest BCUT2D eigenvalue weighted by Gasteiger charge is -2.29. The lowest BCUT2D eigenvalue weighted by atomic mass is 9.93. The fourth-order valence-corrected chi connectivity index (χ4v) is 5.25. The van der Waals surface area contributed by atoms with Gasteiger partial charge in [-0.15, -0.1) is 0 Å². The molecular weight excluding hydrogens is 598 g/mol. The van der Waals surface area contributed by atoms with E-state index in [1.54, 1.807) is 29.2 Å². The Balaban J connectivity index is 1.28. The molecule has 228 valence electrons. The molecule has 1 heterocycles. The van der Waals surface area contributed by atoms with Crippen LogP contribution in [0.15, 0.2) is 60.2 Å². The van der Waals surface area contributed by atoms with Crippen LogP contribution in [-0.2, 0) is 17.5 Å². The summed E-state index contributed by atoms with van der Waals surface area (Å²) in [6.07, 6.45) is -2.53. The van der Waals surface area contributed by atoms with Gasteiger partial charge in [-0.2, -0.15) is 13.2 Å². The van der Waals surface area contributed by atoms with E-state index < -0.39 is 40.0 Å². The Kier molecular flexibility index (Phi) is 9.22. The van der Waals surface area contributed by atoms with Crippen molar-refractivity contribution in [2.24, 2.45) is 0 Å². The first kappa shape index (κ1) is 30.7. The molecule has 0 atom stereocenters.